The molecule has 4 heterocycles. The smallest absolute Gasteiger partial charge is 0.228 e. The Labute approximate surface area is 385 Å². The van der Waals surface area contributed by atoms with Crippen molar-refractivity contribution >= 4 is 44.4 Å². The van der Waals surface area contributed by atoms with Crippen molar-refractivity contribution in [1.82, 2.24) is 19.9 Å². The third-order valence-corrected chi connectivity index (χ3v) is 16.0. The highest BCUT2D eigenvalue weighted by Gasteiger charge is 2.29. The summed E-state index contributed by atoms with van der Waals surface area (Å²) in [4.78, 5) is 21.0. The number of oxazole rings is 4. The fraction of sp³-hybridized carbons (Fsp3) is 0.414. The summed E-state index contributed by atoms with van der Waals surface area (Å²) in [5.41, 5.74) is 14.7. The van der Waals surface area contributed by atoms with Crippen LogP contribution in [0.2, 0.25) is 0 Å². The largest absolute Gasteiger partial charge is 0.436 e. The van der Waals surface area contributed by atoms with E-state index in [-0.39, 0.29) is 0 Å². The first-order valence-electron chi connectivity index (χ1n) is 25.4. The van der Waals surface area contributed by atoms with Gasteiger partial charge in [0.15, 0.2) is 22.3 Å². The normalized spacial score (nSPS) is 18.7. The van der Waals surface area contributed by atoms with Crippen molar-refractivity contribution < 1.29 is 17.7 Å². The molecule has 0 N–H and O–H groups in total. The quantitative estimate of drug-likeness (QED) is 0.149. The van der Waals surface area contributed by atoms with Gasteiger partial charge in [0.05, 0.1) is 22.3 Å². The summed E-state index contributed by atoms with van der Waals surface area (Å²) in [6.07, 6.45) is 25.2. The van der Waals surface area contributed by atoms with E-state index in [1.807, 2.05) is 0 Å². The van der Waals surface area contributed by atoms with Gasteiger partial charge in [-0.15, -0.1) is 0 Å². The molecule has 4 aliphatic carbocycles. The minimum Gasteiger partial charge on any atom is -0.436 e. The van der Waals surface area contributed by atoms with Crippen LogP contribution in [0.5, 0.6) is 0 Å². The summed E-state index contributed by atoms with van der Waals surface area (Å²) >= 11 is 0. The van der Waals surface area contributed by atoms with Crippen molar-refractivity contribution in [2.75, 3.05) is 0 Å². The number of fused-ring (bicyclic) bond motifs is 4. The van der Waals surface area contributed by atoms with Crippen LogP contribution in [0.15, 0.2) is 103 Å². The van der Waals surface area contributed by atoms with Crippen LogP contribution in [-0.2, 0) is 0 Å². The Morgan fingerprint density at radius 3 is 0.727 bits per heavy atom. The van der Waals surface area contributed by atoms with Crippen molar-refractivity contribution in [3.63, 3.8) is 0 Å². The topological polar surface area (TPSA) is 104 Å². The minimum absolute atomic E-state index is 0.490. The highest BCUT2D eigenvalue weighted by Crippen LogP contribution is 2.46. The van der Waals surface area contributed by atoms with Gasteiger partial charge in [-0.25, -0.2) is 19.9 Å². The Kier molecular flexibility index (Phi) is 10.4. The number of hydrogen-bond donors (Lipinski definition) is 0. The molecule has 0 atom stereocenters. The van der Waals surface area contributed by atoms with Crippen LogP contribution >= 0.6 is 0 Å². The predicted octanol–water partition coefficient (Wildman–Crippen LogP) is 17.1. The third-order valence-electron chi connectivity index (χ3n) is 16.0. The molecule has 9 aromatic rings. The molecule has 0 bridgehead atoms. The second kappa shape index (κ2) is 17.0. The number of nitrogens with zero attached hydrogens (tertiary/aromatic N) is 4. The van der Waals surface area contributed by atoms with Crippen molar-refractivity contribution in [3.8, 4) is 45.8 Å². The number of hydrogen-bond acceptors (Lipinski definition) is 8. The minimum atomic E-state index is 0.490. The first-order valence-corrected chi connectivity index (χ1v) is 25.4. The molecular formula is C58H58N4O4. The van der Waals surface area contributed by atoms with Gasteiger partial charge in [-0.1, -0.05) is 101 Å². The molecule has 0 saturated heterocycles. The molecule has 4 aromatic heterocycles. The molecule has 0 spiro atoms. The van der Waals surface area contributed by atoms with E-state index in [9.17, 15) is 0 Å². The molecule has 8 nitrogen and oxygen atoms in total. The maximum atomic E-state index is 6.76. The van der Waals surface area contributed by atoms with Crippen molar-refractivity contribution in [2.24, 2.45) is 0 Å². The van der Waals surface area contributed by atoms with Gasteiger partial charge in [0.2, 0.25) is 23.6 Å². The first kappa shape index (κ1) is 40.3. The van der Waals surface area contributed by atoms with E-state index in [1.165, 1.54) is 151 Å². The Bertz CT molecular complexity index is 2790. The standard InChI is InChI=1S/C58H58N4O4/c1-5-13-35(14-6-1)39-21-25-51-47(29-39)59-55(63-51)43-33-45(57-61-49-31-41(23-27-53(49)65-57)37-17-9-3-10-18-37)46(58-62-50-32-42(24-28-54(50)66-58)38-19-11-4-12-20-38)34-44(43)56-60-48-30-40(22-26-52(48)64-56)36-15-7-2-8-16-36/h21-38H,1-20H2. The van der Waals surface area contributed by atoms with Crippen LogP contribution in [0.25, 0.3) is 90.2 Å². The van der Waals surface area contributed by atoms with Crippen molar-refractivity contribution in [3.05, 3.63) is 107 Å². The molecule has 4 aliphatic rings. The van der Waals surface area contributed by atoms with Crippen molar-refractivity contribution in [2.45, 2.75) is 152 Å². The SMILES string of the molecule is c1cc2oc(-c3cc(-c4nc5cc(C6CCCCC6)ccc5o4)c(-c4nc5cc(C6CCCCC6)ccc5o4)cc3-c3nc4cc(C5CCCCC5)ccc4o3)nc2cc1C1CCCCC1. The van der Waals surface area contributed by atoms with Crippen LogP contribution in [0.1, 0.15) is 174 Å². The molecule has 0 amide bonds. The fourth-order valence-electron chi connectivity index (χ4n) is 12.3. The van der Waals surface area contributed by atoms with E-state index in [4.69, 9.17) is 37.6 Å². The van der Waals surface area contributed by atoms with Gasteiger partial charge in [0, 0.05) is 0 Å². The van der Waals surface area contributed by atoms with Crippen molar-refractivity contribution in [1.29, 1.82) is 0 Å². The predicted molar refractivity (Wildman–Crippen MR) is 262 cm³/mol. The molecule has 0 unspecified atom stereocenters. The van der Waals surface area contributed by atoms with E-state index in [2.05, 4.69) is 84.9 Å². The lowest BCUT2D eigenvalue weighted by molar-refractivity contribution is 0.444. The van der Waals surface area contributed by atoms with E-state index in [0.29, 0.717) is 47.2 Å². The van der Waals surface area contributed by atoms with Crippen LogP contribution in [0, 0.1) is 0 Å². The summed E-state index contributed by atoms with van der Waals surface area (Å²) in [5, 5.41) is 0. The van der Waals surface area contributed by atoms with Gasteiger partial charge in [0.25, 0.3) is 0 Å². The zero-order chi connectivity index (χ0) is 43.6. The van der Waals surface area contributed by atoms with Crippen LogP contribution in [0.3, 0.4) is 0 Å². The highest BCUT2D eigenvalue weighted by atomic mass is 16.4. The van der Waals surface area contributed by atoms with Gasteiger partial charge >= 0.3 is 0 Å². The van der Waals surface area contributed by atoms with Crippen LogP contribution in [-0.4, -0.2) is 19.9 Å². The molecule has 4 fully saturated rings. The lowest BCUT2D eigenvalue weighted by Gasteiger charge is -2.21. The Morgan fingerprint density at radius 1 is 0.273 bits per heavy atom. The Morgan fingerprint density at radius 2 is 0.500 bits per heavy atom. The van der Waals surface area contributed by atoms with Crippen LogP contribution < -0.4 is 0 Å². The van der Waals surface area contributed by atoms with Gasteiger partial charge in [0.1, 0.15) is 22.1 Å². The molecule has 4 saturated carbocycles. The maximum Gasteiger partial charge on any atom is 0.228 e. The average Bonchev–Trinajstić information content (AvgIpc) is 4.21. The summed E-state index contributed by atoms with van der Waals surface area (Å²) in [7, 11) is 0. The Hall–Kier alpha value is -6.02. The van der Waals surface area contributed by atoms with Gasteiger partial charge < -0.3 is 17.7 Å². The fourth-order valence-corrected chi connectivity index (χ4v) is 12.3. The number of rotatable bonds is 8. The summed E-state index contributed by atoms with van der Waals surface area (Å²) in [6.45, 7) is 0. The summed E-state index contributed by atoms with van der Waals surface area (Å²) in [5.74, 6) is 4.17. The lowest BCUT2D eigenvalue weighted by atomic mass is 9.84. The first-order chi connectivity index (χ1) is 32.6. The molecule has 5 aromatic carbocycles. The summed E-state index contributed by atoms with van der Waals surface area (Å²) < 4.78 is 27.0. The molecule has 8 heteroatoms. The third kappa shape index (κ3) is 7.54. The Balaban J connectivity index is 1.00. The van der Waals surface area contributed by atoms with E-state index >= 15 is 0 Å². The molecular weight excluding hydrogens is 817 g/mol. The molecule has 13 rings (SSSR count). The second-order valence-electron chi connectivity index (χ2n) is 20.3. The zero-order valence-electron chi connectivity index (χ0n) is 38.0. The highest BCUT2D eigenvalue weighted by molar-refractivity contribution is 5.93. The number of benzene rings is 5. The van der Waals surface area contributed by atoms with E-state index in [1.54, 1.807) is 0 Å². The lowest BCUT2D eigenvalue weighted by Crippen LogP contribution is -2.04. The molecule has 0 radical (unpaired) electrons. The molecule has 66 heavy (non-hydrogen) atoms. The van der Waals surface area contributed by atoms with Gasteiger partial charge in [-0.3, -0.25) is 0 Å². The van der Waals surface area contributed by atoms with Gasteiger partial charge in [-0.05, 0) is 158 Å². The van der Waals surface area contributed by atoms with E-state index in [0.717, 1.165) is 66.7 Å². The van der Waals surface area contributed by atoms with Crippen LogP contribution in [0.4, 0.5) is 0 Å². The maximum absolute atomic E-state index is 6.76. The number of aromatic nitrogens is 4. The second-order valence-corrected chi connectivity index (χ2v) is 20.3. The zero-order valence-corrected chi connectivity index (χ0v) is 38.0. The summed E-state index contributed by atoms with van der Waals surface area (Å²) in [6, 6.07) is 30.5. The average molecular weight is 875 g/mol. The molecule has 334 valence electrons. The van der Waals surface area contributed by atoms with E-state index < -0.39 is 0 Å². The van der Waals surface area contributed by atoms with Gasteiger partial charge in [-0.2, -0.15) is 0 Å². The molecule has 0 aliphatic heterocycles. The monoisotopic (exact) mass is 874 g/mol.